The van der Waals surface area contributed by atoms with Crippen LogP contribution in [0.15, 0.2) is 48.8 Å². The van der Waals surface area contributed by atoms with Crippen LogP contribution in [-0.2, 0) is 6.54 Å². The minimum absolute atomic E-state index is 0.0940. The van der Waals surface area contributed by atoms with E-state index in [1.54, 1.807) is 44.8 Å². The SMILES string of the molecule is COc1cc2nc(N(Cc3cccnc3)C(=O)c3ccc([N+](=O)[O-])s3)sc2cc1OC. The number of aromatic nitrogens is 2. The van der Waals surface area contributed by atoms with Crippen molar-refractivity contribution in [1.29, 1.82) is 0 Å². The third kappa shape index (κ3) is 4.18. The molecule has 158 valence electrons. The molecular weight excluding hydrogens is 440 g/mol. The summed E-state index contributed by atoms with van der Waals surface area (Å²) in [6.07, 6.45) is 3.31. The maximum Gasteiger partial charge on any atom is 0.324 e. The largest absolute Gasteiger partial charge is 0.493 e. The van der Waals surface area contributed by atoms with Gasteiger partial charge in [-0.1, -0.05) is 28.7 Å². The lowest BCUT2D eigenvalue weighted by Crippen LogP contribution is -2.29. The molecule has 0 bridgehead atoms. The average molecular weight is 457 g/mol. The van der Waals surface area contributed by atoms with Crippen LogP contribution in [0.5, 0.6) is 11.5 Å². The zero-order valence-corrected chi connectivity index (χ0v) is 18.1. The van der Waals surface area contributed by atoms with E-state index in [4.69, 9.17) is 9.47 Å². The van der Waals surface area contributed by atoms with Gasteiger partial charge in [0.25, 0.3) is 5.91 Å². The molecule has 4 rings (SSSR count). The van der Waals surface area contributed by atoms with Gasteiger partial charge in [0, 0.05) is 30.6 Å². The maximum atomic E-state index is 13.3. The van der Waals surface area contributed by atoms with E-state index >= 15 is 0 Å². The minimum Gasteiger partial charge on any atom is -0.493 e. The number of methoxy groups -OCH3 is 2. The number of ether oxygens (including phenoxy) is 2. The molecule has 0 aliphatic heterocycles. The van der Waals surface area contributed by atoms with Gasteiger partial charge in [-0.05, 0) is 17.7 Å². The summed E-state index contributed by atoms with van der Waals surface area (Å²) in [5, 5.41) is 11.4. The van der Waals surface area contributed by atoms with E-state index in [1.807, 2.05) is 6.07 Å². The molecule has 3 aromatic heterocycles. The van der Waals surface area contributed by atoms with Crippen LogP contribution in [0.2, 0.25) is 0 Å². The van der Waals surface area contributed by atoms with Gasteiger partial charge in [0.2, 0.25) is 0 Å². The summed E-state index contributed by atoms with van der Waals surface area (Å²) >= 11 is 2.15. The van der Waals surface area contributed by atoms with Crippen LogP contribution in [0, 0.1) is 10.1 Å². The predicted octanol–water partition coefficient (Wildman–Crippen LogP) is 4.53. The summed E-state index contributed by atoms with van der Waals surface area (Å²) < 4.78 is 11.5. The molecule has 0 saturated carbocycles. The van der Waals surface area contributed by atoms with Crippen LogP contribution in [-0.4, -0.2) is 35.0 Å². The van der Waals surface area contributed by atoms with Gasteiger partial charge in [0.05, 0.1) is 40.8 Å². The van der Waals surface area contributed by atoms with Crippen molar-refractivity contribution in [2.45, 2.75) is 6.54 Å². The second-order valence-corrected chi connectivity index (χ2v) is 8.39. The van der Waals surface area contributed by atoms with E-state index in [0.29, 0.717) is 22.1 Å². The Morgan fingerprint density at radius 1 is 1.16 bits per heavy atom. The Labute approximate surface area is 184 Å². The van der Waals surface area contributed by atoms with E-state index in [9.17, 15) is 14.9 Å². The topological polar surface area (TPSA) is 108 Å². The molecule has 3 heterocycles. The molecule has 0 aliphatic carbocycles. The number of hydrogen-bond acceptors (Lipinski definition) is 9. The van der Waals surface area contributed by atoms with E-state index in [-0.39, 0.29) is 22.3 Å². The van der Waals surface area contributed by atoms with Gasteiger partial charge >= 0.3 is 5.00 Å². The van der Waals surface area contributed by atoms with Crippen LogP contribution < -0.4 is 14.4 Å². The lowest BCUT2D eigenvalue weighted by molar-refractivity contribution is -0.380. The first kappa shape index (κ1) is 20.7. The summed E-state index contributed by atoms with van der Waals surface area (Å²) in [5.41, 5.74) is 1.45. The highest BCUT2D eigenvalue weighted by molar-refractivity contribution is 7.22. The number of carbonyl (C=O) groups is 1. The van der Waals surface area contributed by atoms with Gasteiger partial charge in [0.1, 0.15) is 0 Å². The lowest BCUT2D eigenvalue weighted by Gasteiger charge is -2.19. The van der Waals surface area contributed by atoms with Crippen LogP contribution in [0.4, 0.5) is 10.1 Å². The van der Waals surface area contributed by atoms with Crippen molar-refractivity contribution in [3.05, 3.63) is 69.3 Å². The summed E-state index contributed by atoms with van der Waals surface area (Å²) in [7, 11) is 3.09. The monoisotopic (exact) mass is 456 g/mol. The highest BCUT2D eigenvalue weighted by atomic mass is 32.1. The Bertz CT molecular complexity index is 1210. The van der Waals surface area contributed by atoms with Crippen molar-refractivity contribution < 1.29 is 19.2 Å². The fraction of sp³-hybridized carbons (Fsp3) is 0.150. The first-order valence-electron chi connectivity index (χ1n) is 8.97. The number of nitrogens with zero attached hydrogens (tertiary/aromatic N) is 4. The average Bonchev–Trinajstić information content (AvgIpc) is 3.43. The Morgan fingerprint density at radius 2 is 1.94 bits per heavy atom. The molecular formula is C20H16N4O5S2. The molecule has 9 nitrogen and oxygen atoms in total. The van der Waals surface area contributed by atoms with Gasteiger partial charge in [-0.2, -0.15) is 0 Å². The molecule has 1 aromatic carbocycles. The van der Waals surface area contributed by atoms with Crippen LogP contribution in [0.3, 0.4) is 0 Å². The second kappa shape index (κ2) is 8.66. The van der Waals surface area contributed by atoms with E-state index < -0.39 is 4.92 Å². The number of pyridine rings is 1. The number of amides is 1. The van der Waals surface area contributed by atoms with Crippen LogP contribution in [0.25, 0.3) is 10.2 Å². The third-order valence-electron chi connectivity index (χ3n) is 4.40. The standard InChI is InChI=1S/C20H16N4O5S2/c1-28-14-8-13-17(9-15(14)29-2)31-20(22-13)23(11-12-4-3-7-21-10-12)19(25)16-5-6-18(30-16)24(26)27/h3-10H,11H2,1-2H3. The molecule has 0 unspecified atom stereocenters. The molecule has 0 spiro atoms. The predicted molar refractivity (Wildman–Crippen MR) is 118 cm³/mol. The minimum atomic E-state index is -0.511. The van der Waals surface area contributed by atoms with Crippen molar-refractivity contribution in [2.24, 2.45) is 0 Å². The molecule has 0 N–H and O–H groups in total. The summed E-state index contributed by atoms with van der Waals surface area (Å²) in [4.78, 5) is 34.3. The van der Waals surface area contributed by atoms with Crippen LogP contribution in [0.1, 0.15) is 15.2 Å². The number of thiazole rings is 1. The number of fused-ring (bicyclic) bond motifs is 1. The Hall–Kier alpha value is -3.57. The second-order valence-electron chi connectivity index (χ2n) is 6.32. The van der Waals surface area contributed by atoms with Crippen molar-refractivity contribution in [2.75, 3.05) is 19.1 Å². The van der Waals surface area contributed by atoms with Crippen molar-refractivity contribution in [3.63, 3.8) is 0 Å². The first-order valence-corrected chi connectivity index (χ1v) is 10.6. The molecule has 0 saturated heterocycles. The number of anilines is 1. The molecule has 0 atom stereocenters. The Kier molecular flexibility index (Phi) is 5.78. The summed E-state index contributed by atoms with van der Waals surface area (Å²) in [6, 6.07) is 9.97. The number of benzene rings is 1. The number of rotatable bonds is 7. The fourth-order valence-corrected chi connectivity index (χ4v) is 4.68. The van der Waals surface area contributed by atoms with E-state index in [1.165, 1.54) is 28.4 Å². The summed E-state index contributed by atoms with van der Waals surface area (Å²) in [6.45, 7) is 0.215. The Balaban J connectivity index is 1.77. The number of nitro groups is 1. The quantitative estimate of drug-likeness (QED) is 0.297. The maximum absolute atomic E-state index is 13.3. The van der Waals surface area contributed by atoms with Gasteiger partial charge < -0.3 is 9.47 Å². The third-order valence-corrected chi connectivity index (χ3v) is 6.47. The molecule has 0 fully saturated rings. The van der Waals surface area contributed by atoms with Gasteiger partial charge in [0.15, 0.2) is 16.6 Å². The highest BCUT2D eigenvalue weighted by Crippen LogP contribution is 2.38. The number of hydrogen-bond donors (Lipinski definition) is 0. The van der Waals surface area contributed by atoms with Crippen molar-refractivity contribution in [3.8, 4) is 11.5 Å². The van der Waals surface area contributed by atoms with Crippen LogP contribution >= 0.6 is 22.7 Å². The first-order chi connectivity index (χ1) is 15.0. The molecule has 1 amide bonds. The zero-order valence-electron chi connectivity index (χ0n) is 16.5. The van der Waals surface area contributed by atoms with Crippen molar-refractivity contribution in [1.82, 2.24) is 9.97 Å². The van der Waals surface area contributed by atoms with E-state index in [2.05, 4.69) is 9.97 Å². The van der Waals surface area contributed by atoms with E-state index in [0.717, 1.165) is 21.6 Å². The normalized spacial score (nSPS) is 10.8. The highest BCUT2D eigenvalue weighted by Gasteiger charge is 2.25. The van der Waals surface area contributed by atoms with Gasteiger partial charge in [-0.3, -0.25) is 24.8 Å². The van der Waals surface area contributed by atoms with Crippen molar-refractivity contribution >= 4 is 48.9 Å². The molecule has 11 heteroatoms. The molecule has 4 aromatic rings. The molecule has 0 radical (unpaired) electrons. The number of carbonyl (C=O) groups excluding carboxylic acids is 1. The smallest absolute Gasteiger partial charge is 0.324 e. The number of thiophene rings is 1. The Morgan fingerprint density at radius 3 is 2.58 bits per heavy atom. The van der Waals surface area contributed by atoms with Gasteiger partial charge in [-0.25, -0.2) is 4.98 Å². The van der Waals surface area contributed by atoms with Gasteiger partial charge in [-0.15, -0.1) is 0 Å². The summed E-state index contributed by atoms with van der Waals surface area (Å²) in [5.74, 6) is 0.718. The lowest BCUT2D eigenvalue weighted by atomic mass is 10.2. The molecule has 31 heavy (non-hydrogen) atoms. The fourth-order valence-electron chi connectivity index (χ4n) is 2.93. The molecule has 0 aliphatic rings. The zero-order chi connectivity index (χ0) is 22.0.